The quantitative estimate of drug-likeness (QED) is 0.841. The summed E-state index contributed by atoms with van der Waals surface area (Å²) in [6.07, 6.45) is 7.04. The van der Waals surface area contributed by atoms with Gasteiger partial charge in [-0.15, -0.1) is 11.8 Å². The standard InChI is InChI=1S/C16H25NS/c1-3-14-8-4-5-10-16(14)18-15-9-6-7-13(11-15)12-17-2/h6-7,9,11,14,16-17H,3-5,8,10,12H2,1-2H3. The highest BCUT2D eigenvalue weighted by Crippen LogP contribution is 2.39. The van der Waals surface area contributed by atoms with Gasteiger partial charge in [-0.25, -0.2) is 0 Å². The smallest absolute Gasteiger partial charge is 0.0202 e. The number of hydrogen-bond donors (Lipinski definition) is 1. The lowest BCUT2D eigenvalue weighted by Gasteiger charge is -2.30. The van der Waals surface area contributed by atoms with E-state index in [1.807, 2.05) is 7.05 Å². The predicted octanol–water partition coefficient (Wildman–Crippen LogP) is 4.47. The molecule has 2 unspecified atom stereocenters. The lowest BCUT2D eigenvalue weighted by molar-refractivity contribution is 0.361. The molecule has 2 heteroatoms. The summed E-state index contributed by atoms with van der Waals surface area (Å²) in [6.45, 7) is 3.32. The van der Waals surface area contributed by atoms with Crippen molar-refractivity contribution in [3.05, 3.63) is 29.8 Å². The zero-order chi connectivity index (χ0) is 12.8. The monoisotopic (exact) mass is 263 g/mol. The summed E-state index contributed by atoms with van der Waals surface area (Å²) >= 11 is 2.11. The van der Waals surface area contributed by atoms with E-state index in [1.165, 1.54) is 42.6 Å². The molecule has 1 saturated carbocycles. The topological polar surface area (TPSA) is 12.0 Å². The Hall–Kier alpha value is -0.470. The molecule has 1 aromatic carbocycles. The van der Waals surface area contributed by atoms with Crippen LogP contribution in [0.4, 0.5) is 0 Å². The molecule has 1 N–H and O–H groups in total. The molecule has 0 amide bonds. The fourth-order valence-electron chi connectivity index (χ4n) is 2.90. The number of rotatable bonds is 5. The third-order valence-corrected chi connectivity index (χ3v) is 5.38. The second kappa shape index (κ2) is 7.20. The molecule has 0 aromatic heterocycles. The van der Waals surface area contributed by atoms with Crippen molar-refractivity contribution in [3.8, 4) is 0 Å². The first-order valence-electron chi connectivity index (χ1n) is 7.23. The summed E-state index contributed by atoms with van der Waals surface area (Å²) in [7, 11) is 2.01. The van der Waals surface area contributed by atoms with E-state index in [2.05, 4.69) is 48.3 Å². The summed E-state index contributed by atoms with van der Waals surface area (Å²) in [5.41, 5.74) is 1.39. The summed E-state index contributed by atoms with van der Waals surface area (Å²) in [6, 6.07) is 9.02. The number of nitrogens with one attached hydrogen (secondary N) is 1. The largest absolute Gasteiger partial charge is 0.316 e. The Kier molecular flexibility index (Phi) is 5.58. The number of benzene rings is 1. The summed E-state index contributed by atoms with van der Waals surface area (Å²) < 4.78 is 0. The molecule has 2 rings (SSSR count). The van der Waals surface area contributed by atoms with E-state index < -0.39 is 0 Å². The Morgan fingerprint density at radius 2 is 2.11 bits per heavy atom. The molecule has 0 saturated heterocycles. The molecule has 0 aliphatic heterocycles. The van der Waals surface area contributed by atoms with Crippen LogP contribution in [0.1, 0.15) is 44.6 Å². The minimum absolute atomic E-state index is 0.841. The fraction of sp³-hybridized carbons (Fsp3) is 0.625. The highest BCUT2D eigenvalue weighted by molar-refractivity contribution is 8.00. The fourth-order valence-corrected chi connectivity index (χ4v) is 4.44. The lowest BCUT2D eigenvalue weighted by Crippen LogP contribution is -2.21. The third-order valence-electron chi connectivity index (χ3n) is 3.93. The minimum Gasteiger partial charge on any atom is -0.316 e. The molecule has 2 atom stereocenters. The van der Waals surface area contributed by atoms with Crippen LogP contribution in [-0.2, 0) is 6.54 Å². The van der Waals surface area contributed by atoms with Gasteiger partial charge in [-0.05, 0) is 43.5 Å². The highest BCUT2D eigenvalue weighted by Gasteiger charge is 2.24. The average molecular weight is 263 g/mol. The molecule has 0 heterocycles. The summed E-state index contributed by atoms with van der Waals surface area (Å²) in [4.78, 5) is 1.45. The molecular formula is C16H25NS. The van der Waals surface area contributed by atoms with Crippen molar-refractivity contribution >= 4 is 11.8 Å². The normalized spacial score (nSPS) is 24.1. The van der Waals surface area contributed by atoms with Crippen molar-refractivity contribution in [3.63, 3.8) is 0 Å². The van der Waals surface area contributed by atoms with E-state index in [-0.39, 0.29) is 0 Å². The van der Waals surface area contributed by atoms with Gasteiger partial charge in [0.05, 0.1) is 0 Å². The Morgan fingerprint density at radius 1 is 1.28 bits per heavy atom. The molecular weight excluding hydrogens is 238 g/mol. The first-order chi connectivity index (χ1) is 8.83. The number of hydrogen-bond acceptors (Lipinski definition) is 2. The van der Waals surface area contributed by atoms with Crippen molar-refractivity contribution in [2.24, 2.45) is 5.92 Å². The average Bonchev–Trinajstić information content (AvgIpc) is 2.40. The van der Waals surface area contributed by atoms with E-state index in [0.29, 0.717) is 0 Å². The Bertz CT molecular complexity index is 364. The van der Waals surface area contributed by atoms with Gasteiger partial charge >= 0.3 is 0 Å². The van der Waals surface area contributed by atoms with Gasteiger partial charge in [-0.2, -0.15) is 0 Å². The van der Waals surface area contributed by atoms with Gasteiger partial charge in [0.25, 0.3) is 0 Å². The van der Waals surface area contributed by atoms with Crippen LogP contribution < -0.4 is 5.32 Å². The summed E-state index contributed by atoms with van der Waals surface area (Å²) in [5.74, 6) is 0.928. The molecule has 1 fully saturated rings. The van der Waals surface area contributed by atoms with Crippen molar-refractivity contribution in [2.75, 3.05) is 7.05 Å². The Labute approximate surface area is 116 Å². The molecule has 0 radical (unpaired) electrons. The van der Waals surface area contributed by atoms with Crippen LogP contribution in [0, 0.1) is 5.92 Å². The second-order valence-corrected chi connectivity index (χ2v) is 6.60. The summed E-state index contributed by atoms with van der Waals surface area (Å²) in [5, 5.41) is 4.07. The predicted molar refractivity (Wildman–Crippen MR) is 81.1 cm³/mol. The van der Waals surface area contributed by atoms with Gasteiger partial charge < -0.3 is 5.32 Å². The van der Waals surface area contributed by atoms with Gasteiger partial charge in [0.15, 0.2) is 0 Å². The molecule has 1 aromatic rings. The van der Waals surface area contributed by atoms with E-state index in [9.17, 15) is 0 Å². The molecule has 1 aliphatic carbocycles. The number of thioether (sulfide) groups is 1. The van der Waals surface area contributed by atoms with E-state index in [0.717, 1.165) is 17.7 Å². The second-order valence-electron chi connectivity index (χ2n) is 5.29. The Morgan fingerprint density at radius 3 is 2.89 bits per heavy atom. The van der Waals surface area contributed by atoms with Gasteiger partial charge in [0.1, 0.15) is 0 Å². The zero-order valence-electron chi connectivity index (χ0n) is 11.6. The van der Waals surface area contributed by atoms with Crippen LogP contribution in [0.2, 0.25) is 0 Å². The zero-order valence-corrected chi connectivity index (χ0v) is 12.4. The Balaban J connectivity index is 2.00. The molecule has 100 valence electrons. The first kappa shape index (κ1) is 14.0. The van der Waals surface area contributed by atoms with E-state index >= 15 is 0 Å². The third kappa shape index (κ3) is 3.76. The molecule has 18 heavy (non-hydrogen) atoms. The SMILES string of the molecule is CCC1CCCCC1Sc1cccc(CNC)c1. The van der Waals surface area contributed by atoms with Crippen molar-refractivity contribution in [1.29, 1.82) is 0 Å². The van der Waals surface area contributed by atoms with Crippen molar-refractivity contribution < 1.29 is 0 Å². The van der Waals surface area contributed by atoms with Gasteiger partial charge in [0.2, 0.25) is 0 Å². The van der Waals surface area contributed by atoms with Gasteiger partial charge in [0, 0.05) is 16.7 Å². The molecule has 1 nitrogen and oxygen atoms in total. The van der Waals surface area contributed by atoms with Crippen molar-refractivity contribution in [1.82, 2.24) is 5.32 Å². The lowest BCUT2D eigenvalue weighted by atomic mass is 9.87. The first-order valence-corrected chi connectivity index (χ1v) is 8.11. The van der Waals surface area contributed by atoms with Gasteiger partial charge in [-0.1, -0.05) is 38.3 Å². The highest BCUT2D eigenvalue weighted by atomic mass is 32.2. The van der Waals surface area contributed by atoms with Gasteiger partial charge in [-0.3, -0.25) is 0 Å². The maximum absolute atomic E-state index is 3.23. The molecule has 0 bridgehead atoms. The van der Waals surface area contributed by atoms with Crippen LogP contribution in [0.5, 0.6) is 0 Å². The van der Waals surface area contributed by atoms with Crippen LogP contribution in [0.15, 0.2) is 29.2 Å². The molecule has 0 spiro atoms. The minimum atomic E-state index is 0.841. The van der Waals surface area contributed by atoms with E-state index in [1.54, 1.807) is 0 Å². The van der Waals surface area contributed by atoms with Crippen LogP contribution >= 0.6 is 11.8 Å². The maximum atomic E-state index is 3.23. The van der Waals surface area contributed by atoms with Crippen LogP contribution in [-0.4, -0.2) is 12.3 Å². The van der Waals surface area contributed by atoms with Crippen molar-refractivity contribution in [2.45, 2.75) is 55.7 Å². The van der Waals surface area contributed by atoms with E-state index in [4.69, 9.17) is 0 Å². The van der Waals surface area contributed by atoms with Crippen LogP contribution in [0.3, 0.4) is 0 Å². The maximum Gasteiger partial charge on any atom is 0.0202 e. The molecule has 1 aliphatic rings. The van der Waals surface area contributed by atoms with Crippen LogP contribution in [0.25, 0.3) is 0 Å².